The predicted octanol–water partition coefficient (Wildman–Crippen LogP) is -3.88. The van der Waals surface area contributed by atoms with Crippen molar-refractivity contribution in [2.24, 2.45) is 23.1 Å². The lowest BCUT2D eigenvalue weighted by Gasteiger charge is -2.25. The average molecular weight is 474 g/mol. The van der Waals surface area contributed by atoms with Crippen LogP contribution in [0.3, 0.4) is 0 Å². The molecule has 0 rings (SSSR count). The molecule has 15 nitrogen and oxygen atoms in total. The first-order valence-electron chi connectivity index (χ1n) is 9.83. The minimum absolute atomic E-state index is 0.151. The molecule has 0 aliphatic rings. The zero-order valence-electron chi connectivity index (χ0n) is 18.2. The first kappa shape index (κ1) is 29.2. The molecule has 0 aliphatic heterocycles. The van der Waals surface area contributed by atoms with Crippen LogP contribution in [0.1, 0.15) is 39.5 Å². The van der Waals surface area contributed by atoms with Crippen LogP contribution in [-0.4, -0.2) is 75.9 Å². The largest absolute Gasteiger partial charge is 0.481 e. The van der Waals surface area contributed by atoms with Gasteiger partial charge in [-0.1, -0.05) is 13.8 Å². The van der Waals surface area contributed by atoms with Crippen LogP contribution in [0.15, 0.2) is 0 Å². The maximum Gasteiger partial charge on any atom is 0.326 e. The number of nitrogens with two attached hydrogens (primary N) is 3. The van der Waals surface area contributed by atoms with Crippen LogP contribution in [0.25, 0.3) is 0 Å². The Bertz CT molecular complexity index is 785. The Morgan fingerprint density at radius 2 is 1.24 bits per heavy atom. The molecule has 4 atom stereocenters. The molecule has 0 radical (unpaired) electrons. The van der Waals surface area contributed by atoms with Gasteiger partial charge in [0.15, 0.2) is 0 Å². The van der Waals surface area contributed by atoms with E-state index in [9.17, 15) is 38.7 Å². The molecule has 33 heavy (non-hydrogen) atoms. The van der Waals surface area contributed by atoms with E-state index in [-0.39, 0.29) is 12.8 Å². The van der Waals surface area contributed by atoms with Crippen molar-refractivity contribution >= 4 is 41.5 Å². The van der Waals surface area contributed by atoms with Crippen LogP contribution in [0.5, 0.6) is 0 Å². The number of amides is 5. The van der Waals surface area contributed by atoms with Gasteiger partial charge in [-0.3, -0.25) is 28.8 Å². The molecular formula is C18H30N6O9. The quantitative estimate of drug-likeness (QED) is 0.114. The van der Waals surface area contributed by atoms with Crippen molar-refractivity contribution in [2.75, 3.05) is 0 Å². The van der Waals surface area contributed by atoms with E-state index in [4.69, 9.17) is 22.3 Å². The highest BCUT2D eigenvalue weighted by Crippen LogP contribution is 2.05. The maximum absolute atomic E-state index is 12.6. The molecule has 0 saturated carbocycles. The van der Waals surface area contributed by atoms with Crippen molar-refractivity contribution in [3.63, 3.8) is 0 Å². The minimum atomic E-state index is -1.73. The van der Waals surface area contributed by atoms with Crippen LogP contribution in [0.4, 0.5) is 0 Å². The fraction of sp³-hybridized carbons (Fsp3) is 0.611. The first-order valence-corrected chi connectivity index (χ1v) is 9.83. The molecule has 186 valence electrons. The van der Waals surface area contributed by atoms with Crippen molar-refractivity contribution in [1.29, 1.82) is 0 Å². The van der Waals surface area contributed by atoms with Gasteiger partial charge in [-0.2, -0.15) is 0 Å². The molecule has 0 bridgehead atoms. The Labute approximate surface area is 188 Å². The fourth-order valence-corrected chi connectivity index (χ4v) is 2.54. The third-order valence-electron chi connectivity index (χ3n) is 4.32. The lowest BCUT2D eigenvalue weighted by molar-refractivity contribution is -0.144. The number of primary amides is 2. The first-order chi connectivity index (χ1) is 15.1. The number of carboxylic acid groups (broad SMARTS) is 2. The van der Waals surface area contributed by atoms with Gasteiger partial charge >= 0.3 is 11.9 Å². The summed E-state index contributed by atoms with van der Waals surface area (Å²) in [6.07, 6.45) is -2.01. The molecule has 0 aliphatic carbocycles. The molecule has 5 amide bonds. The second kappa shape index (κ2) is 13.6. The van der Waals surface area contributed by atoms with Gasteiger partial charge in [0.25, 0.3) is 0 Å². The molecule has 0 aromatic rings. The van der Waals surface area contributed by atoms with Crippen LogP contribution in [0, 0.1) is 5.92 Å². The Balaban J connectivity index is 5.51. The Morgan fingerprint density at radius 3 is 1.67 bits per heavy atom. The van der Waals surface area contributed by atoms with Crippen molar-refractivity contribution in [1.82, 2.24) is 16.0 Å². The molecule has 0 heterocycles. The van der Waals surface area contributed by atoms with Crippen LogP contribution >= 0.6 is 0 Å². The molecule has 4 unspecified atom stereocenters. The smallest absolute Gasteiger partial charge is 0.326 e. The van der Waals surface area contributed by atoms with E-state index in [1.165, 1.54) is 13.8 Å². The van der Waals surface area contributed by atoms with E-state index in [0.717, 1.165) is 0 Å². The van der Waals surface area contributed by atoms with Crippen molar-refractivity contribution < 1.29 is 43.8 Å². The molecule has 0 fully saturated rings. The van der Waals surface area contributed by atoms with Crippen LogP contribution < -0.4 is 33.2 Å². The molecule has 0 aromatic heterocycles. The number of carbonyl (C=O) groups is 7. The molecule has 0 saturated heterocycles. The summed E-state index contributed by atoms with van der Waals surface area (Å²) in [5, 5.41) is 24.6. The minimum Gasteiger partial charge on any atom is -0.481 e. The number of hydrogen-bond donors (Lipinski definition) is 8. The Kier molecular flexibility index (Phi) is 12.1. The topological polar surface area (TPSA) is 274 Å². The molecule has 0 aromatic carbocycles. The summed E-state index contributed by atoms with van der Waals surface area (Å²) in [5.41, 5.74) is 15.7. The lowest BCUT2D eigenvalue weighted by atomic mass is 10.0. The van der Waals surface area contributed by atoms with Crippen molar-refractivity contribution in [2.45, 2.75) is 63.7 Å². The van der Waals surface area contributed by atoms with Gasteiger partial charge < -0.3 is 43.4 Å². The van der Waals surface area contributed by atoms with Gasteiger partial charge in [-0.05, 0) is 12.3 Å². The summed E-state index contributed by atoms with van der Waals surface area (Å²) in [7, 11) is 0. The number of nitrogens with one attached hydrogen (secondary N) is 3. The number of rotatable bonds is 15. The summed E-state index contributed by atoms with van der Waals surface area (Å²) in [4.78, 5) is 81.9. The second-order valence-electron chi connectivity index (χ2n) is 7.57. The van der Waals surface area contributed by atoms with Gasteiger partial charge in [-0.15, -0.1) is 0 Å². The highest BCUT2D eigenvalue weighted by Gasteiger charge is 2.33. The van der Waals surface area contributed by atoms with Crippen molar-refractivity contribution in [3.05, 3.63) is 0 Å². The zero-order valence-corrected chi connectivity index (χ0v) is 18.2. The SMILES string of the molecule is CC(C)C(NC(=O)C(CC(=O)O)NC(=O)C(CC(N)=O)NC(=O)C(N)CCC(N)=O)C(=O)O. The highest BCUT2D eigenvalue weighted by atomic mass is 16.4. The number of carboxylic acids is 2. The standard InChI is InChI=1S/C18H30N6O9/c1-7(2)14(18(32)33)24-17(31)10(6-13(27)28)23-16(30)9(5-12(21)26)22-15(29)8(19)3-4-11(20)25/h7-10,14H,3-6,19H2,1-2H3,(H2,20,25)(H2,21,26)(H,22,29)(H,23,30)(H,24,31)(H,27,28)(H,32,33). The van der Waals surface area contributed by atoms with E-state index < -0.39 is 84.4 Å². The zero-order chi connectivity index (χ0) is 25.9. The summed E-state index contributed by atoms with van der Waals surface area (Å²) < 4.78 is 0. The molecule has 15 heteroatoms. The second-order valence-corrected chi connectivity index (χ2v) is 7.57. The maximum atomic E-state index is 12.6. The number of carbonyl (C=O) groups excluding carboxylic acids is 5. The van der Waals surface area contributed by atoms with Crippen molar-refractivity contribution in [3.8, 4) is 0 Å². The van der Waals surface area contributed by atoms with Gasteiger partial charge in [0.1, 0.15) is 18.1 Å². The third-order valence-corrected chi connectivity index (χ3v) is 4.32. The summed E-state index contributed by atoms with van der Waals surface area (Å²) in [6, 6.07) is -5.98. The third kappa shape index (κ3) is 11.4. The summed E-state index contributed by atoms with van der Waals surface area (Å²) in [5.74, 6) is -8.31. The van der Waals surface area contributed by atoms with E-state index >= 15 is 0 Å². The number of aliphatic carboxylic acids is 2. The summed E-state index contributed by atoms with van der Waals surface area (Å²) >= 11 is 0. The predicted molar refractivity (Wildman–Crippen MR) is 111 cm³/mol. The van der Waals surface area contributed by atoms with Gasteiger partial charge in [0, 0.05) is 6.42 Å². The average Bonchev–Trinajstić information content (AvgIpc) is 2.67. The van der Waals surface area contributed by atoms with Crippen LogP contribution in [0.2, 0.25) is 0 Å². The highest BCUT2D eigenvalue weighted by molar-refractivity contribution is 5.97. The molecular weight excluding hydrogens is 444 g/mol. The van der Waals surface area contributed by atoms with E-state index in [1.54, 1.807) is 0 Å². The van der Waals surface area contributed by atoms with E-state index in [1.807, 2.05) is 0 Å². The monoisotopic (exact) mass is 474 g/mol. The van der Waals surface area contributed by atoms with E-state index in [0.29, 0.717) is 0 Å². The number of hydrogen-bond acceptors (Lipinski definition) is 8. The molecule has 11 N–H and O–H groups in total. The lowest BCUT2D eigenvalue weighted by Crippen LogP contribution is -2.58. The molecule has 0 spiro atoms. The Morgan fingerprint density at radius 1 is 0.758 bits per heavy atom. The normalized spacial score (nSPS) is 14.3. The van der Waals surface area contributed by atoms with Gasteiger partial charge in [0.05, 0.1) is 18.9 Å². The van der Waals surface area contributed by atoms with E-state index in [2.05, 4.69) is 16.0 Å². The van der Waals surface area contributed by atoms with Gasteiger partial charge in [-0.25, -0.2) is 4.79 Å². The Hall–Kier alpha value is -3.75. The van der Waals surface area contributed by atoms with Crippen LogP contribution in [-0.2, 0) is 33.6 Å². The summed E-state index contributed by atoms with van der Waals surface area (Å²) in [6.45, 7) is 3.01. The fourth-order valence-electron chi connectivity index (χ4n) is 2.54. The van der Waals surface area contributed by atoms with Gasteiger partial charge in [0.2, 0.25) is 29.5 Å².